The smallest absolute Gasteiger partial charge is 0.295 e. The van der Waals surface area contributed by atoms with E-state index in [4.69, 9.17) is 0 Å². The molecular formula is C27H30N4O3. The Bertz CT molecular complexity index is 1230. The number of ketones is 1. The number of aryl methyl sites for hydroxylation is 3. The Balaban J connectivity index is 1.77. The number of amides is 1. The molecule has 1 aliphatic rings. The summed E-state index contributed by atoms with van der Waals surface area (Å²) in [6.07, 6.45) is 5.96. The van der Waals surface area contributed by atoms with E-state index in [-0.39, 0.29) is 11.3 Å². The molecule has 1 aromatic heterocycles. The second kappa shape index (κ2) is 9.55. The van der Waals surface area contributed by atoms with Crippen molar-refractivity contribution in [1.82, 2.24) is 14.5 Å². The number of aliphatic hydroxyl groups excluding tert-OH is 1. The summed E-state index contributed by atoms with van der Waals surface area (Å²) in [6.45, 7) is 4.87. The predicted molar refractivity (Wildman–Crippen MR) is 133 cm³/mol. The fourth-order valence-corrected chi connectivity index (χ4v) is 4.39. The van der Waals surface area contributed by atoms with Gasteiger partial charge in [-0.2, -0.15) is 0 Å². The number of rotatable bonds is 7. The molecule has 0 saturated carbocycles. The van der Waals surface area contributed by atoms with Crippen LogP contribution in [0.2, 0.25) is 0 Å². The van der Waals surface area contributed by atoms with Crippen LogP contribution in [0.3, 0.4) is 0 Å². The molecule has 1 amide bonds. The Kier molecular flexibility index (Phi) is 6.54. The number of likely N-dealkylation sites (tertiary alicyclic amines) is 1. The fourth-order valence-electron chi connectivity index (χ4n) is 4.39. The molecule has 0 bridgehead atoms. The van der Waals surface area contributed by atoms with Gasteiger partial charge < -0.3 is 19.5 Å². The summed E-state index contributed by atoms with van der Waals surface area (Å²) in [5.41, 5.74) is 4.32. The van der Waals surface area contributed by atoms with Crippen LogP contribution in [-0.2, 0) is 16.1 Å². The molecule has 7 nitrogen and oxygen atoms in total. The molecule has 0 spiro atoms. The first-order valence-corrected chi connectivity index (χ1v) is 11.4. The van der Waals surface area contributed by atoms with Gasteiger partial charge in [0, 0.05) is 50.8 Å². The number of hydrogen-bond acceptors (Lipinski definition) is 5. The zero-order valence-corrected chi connectivity index (χ0v) is 20.0. The van der Waals surface area contributed by atoms with Gasteiger partial charge in [-0.15, -0.1) is 0 Å². The average molecular weight is 459 g/mol. The molecule has 1 saturated heterocycles. The van der Waals surface area contributed by atoms with Crippen LogP contribution in [0.4, 0.5) is 5.69 Å². The number of aliphatic hydroxyl groups is 1. The van der Waals surface area contributed by atoms with E-state index < -0.39 is 17.7 Å². The molecule has 4 rings (SSSR count). The highest BCUT2D eigenvalue weighted by atomic mass is 16.3. The lowest BCUT2D eigenvalue weighted by molar-refractivity contribution is -0.139. The Hall–Kier alpha value is -3.87. The van der Waals surface area contributed by atoms with E-state index in [0.717, 1.165) is 22.4 Å². The Morgan fingerprint density at radius 2 is 1.79 bits per heavy atom. The Labute approximate surface area is 200 Å². The van der Waals surface area contributed by atoms with Gasteiger partial charge in [0.25, 0.3) is 11.7 Å². The number of carbonyl (C=O) groups is 2. The molecule has 0 aliphatic carbocycles. The monoisotopic (exact) mass is 458 g/mol. The molecule has 1 atom stereocenters. The summed E-state index contributed by atoms with van der Waals surface area (Å²) in [4.78, 5) is 34.0. The lowest BCUT2D eigenvalue weighted by Gasteiger charge is -2.26. The molecular weight excluding hydrogens is 428 g/mol. The van der Waals surface area contributed by atoms with Crippen molar-refractivity contribution in [3.8, 4) is 0 Å². The Morgan fingerprint density at radius 3 is 2.44 bits per heavy atom. The number of benzene rings is 2. The molecule has 0 radical (unpaired) electrons. The summed E-state index contributed by atoms with van der Waals surface area (Å²) >= 11 is 0. The van der Waals surface area contributed by atoms with Crippen molar-refractivity contribution in [2.45, 2.75) is 32.9 Å². The summed E-state index contributed by atoms with van der Waals surface area (Å²) in [5, 5.41) is 11.3. The minimum atomic E-state index is -0.654. The van der Waals surface area contributed by atoms with E-state index in [2.05, 4.69) is 4.98 Å². The van der Waals surface area contributed by atoms with Gasteiger partial charge in [0.1, 0.15) is 5.76 Å². The third-order valence-electron chi connectivity index (χ3n) is 6.29. The molecule has 1 aliphatic heterocycles. The van der Waals surface area contributed by atoms with Gasteiger partial charge in [-0.3, -0.25) is 9.59 Å². The van der Waals surface area contributed by atoms with Crippen LogP contribution in [-0.4, -0.2) is 51.9 Å². The maximum Gasteiger partial charge on any atom is 0.295 e. The van der Waals surface area contributed by atoms with Gasteiger partial charge in [0.15, 0.2) is 0 Å². The number of nitrogens with zero attached hydrogens (tertiary/aromatic N) is 4. The normalized spacial score (nSPS) is 17.4. The van der Waals surface area contributed by atoms with Crippen molar-refractivity contribution in [3.63, 3.8) is 0 Å². The molecule has 2 heterocycles. The van der Waals surface area contributed by atoms with Crippen LogP contribution in [0.25, 0.3) is 5.76 Å². The van der Waals surface area contributed by atoms with Crippen molar-refractivity contribution < 1.29 is 14.7 Å². The highest BCUT2D eigenvalue weighted by Gasteiger charge is 2.45. The van der Waals surface area contributed by atoms with Gasteiger partial charge >= 0.3 is 0 Å². The minimum absolute atomic E-state index is 0.127. The van der Waals surface area contributed by atoms with Crippen LogP contribution in [0.5, 0.6) is 0 Å². The topological polar surface area (TPSA) is 78.7 Å². The molecule has 1 fully saturated rings. The number of aromatic nitrogens is 2. The molecule has 34 heavy (non-hydrogen) atoms. The van der Waals surface area contributed by atoms with Crippen molar-refractivity contribution in [2.24, 2.45) is 0 Å². The maximum absolute atomic E-state index is 13.2. The zero-order valence-electron chi connectivity index (χ0n) is 20.0. The van der Waals surface area contributed by atoms with Gasteiger partial charge in [0.2, 0.25) is 0 Å². The quantitative estimate of drug-likeness (QED) is 0.328. The number of imidazole rings is 1. The molecule has 176 valence electrons. The summed E-state index contributed by atoms with van der Waals surface area (Å²) in [6, 6.07) is 12.8. The average Bonchev–Trinajstić information content (AvgIpc) is 3.42. The third kappa shape index (κ3) is 4.46. The highest BCUT2D eigenvalue weighted by molar-refractivity contribution is 6.46. The second-order valence-electron chi connectivity index (χ2n) is 8.95. The number of carbonyl (C=O) groups excluding carboxylic acids is 2. The van der Waals surface area contributed by atoms with E-state index in [0.29, 0.717) is 25.1 Å². The molecule has 2 aromatic carbocycles. The molecule has 3 aromatic rings. The first-order chi connectivity index (χ1) is 16.3. The van der Waals surface area contributed by atoms with E-state index in [1.807, 2.05) is 86.1 Å². The van der Waals surface area contributed by atoms with Gasteiger partial charge in [-0.05, 0) is 49.6 Å². The summed E-state index contributed by atoms with van der Waals surface area (Å²) in [5.74, 6) is -1.36. The molecule has 1 unspecified atom stereocenters. The largest absolute Gasteiger partial charge is 0.507 e. The zero-order chi connectivity index (χ0) is 24.4. The van der Waals surface area contributed by atoms with E-state index in [1.54, 1.807) is 17.4 Å². The highest BCUT2D eigenvalue weighted by Crippen LogP contribution is 2.40. The van der Waals surface area contributed by atoms with Gasteiger partial charge in [0.05, 0.1) is 17.9 Å². The SMILES string of the molecule is Cc1ccc(C)c(/C(O)=C2\C(=O)C(=O)N(CCCn3ccnc3)C2c2ccc(N(C)C)cc2)c1. The van der Waals surface area contributed by atoms with E-state index >= 15 is 0 Å². The standard InChI is InChI=1S/C27H30N4O3/c1-18-6-7-19(2)22(16-18)25(32)23-24(20-8-10-21(11-9-20)29(3)4)31(27(34)26(23)33)14-5-13-30-15-12-28-17-30/h6-12,15-17,24,32H,5,13-14H2,1-4H3/b25-23+. The van der Waals surface area contributed by atoms with Gasteiger partial charge in [-0.1, -0.05) is 29.8 Å². The summed E-state index contributed by atoms with van der Waals surface area (Å²) < 4.78 is 1.94. The second-order valence-corrected chi connectivity index (χ2v) is 8.95. The number of hydrogen-bond donors (Lipinski definition) is 1. The van der Waals surface area contributed by atoms with Crippen molar-refractivity contribution in [2.75, 3.05) is 25.5 Å². The van der Waals surface area contributed by atoms with Crippen molar-refractivity contribution in [1.29, 1.82) is 0 Å². The summed E-state index contributed by atoms with van der Waals surface area (Å²) in [7, 11) is 3.91. The lowest BCUT2D eigenvalue weighted by Crippen LogP contribution is -2.31. The van der Waals surface area contributed by atoms with Gasteiger partial charge in [-0.25, -0.2) is 4.98 Å². The van der Waals surface area contributed by atoms with Crippen LogP contribution < -0.4 is 4.90 Å². The molecule has 1 N–H and O–H groups in total. The lowest BCUT2D eigenvalue weighted by atomic mass is 9.93. The van der Waals surface area contributed by atoms with Crippen LogP contribution in [0, 0.1) is 13.8 Å². The first-order valence-electron chi connectivity index (χ1n) is 11.4. The first kappa shape index (κ1) is 23.3. The van der Waals surface area contributed by atoms with E-state index in [9.17, 15) is 14.7 Å². The Morgan fingerprint density at radius 1 is 1.06 bits per heavy atom. The van der Waals surface area contributed by atoms with E-state index in [1.165, 1.54) is 0 Å². The fraction of sp³-hybridized carbons (Fsp3) is 0.296. The van der Waals surface area contributed by atoms with Crippen LogP contribution >= 0.6 is 0 Å². The molecule has 7 heteroatoms. The minimum Gasteiger partial charge on any atom is -0.507 e. The number of Topliss-reactive ketones (excluding diaryl/α,β-unsaturated/α-hetero) is 1. The maximum atomic E-state index is 13.2. The van der Waals surface area contributed by atoms with Crippen LogP contribution in [0.1, 0.15) is 34.7 Å². The number of anilines is 1. The van der Waals surface area contributed by atoms with Crippen LogP contribution in [0.15, 0.2) is 66.8 Å². The van der Waals surface area contributed by atoms with Crippen molar-refractivity contribution >= 4 is 23.1 Å². The predicted octanol–water partition coefficient (Wildman–Crippen LogP) is 4.08. The van der Waals surface area contributed by atoms with Crippen molar-refractivity contribution in [3.05, 3.63) is 89.0 Å². The third-order valence-corrected chi connectivity index (χ3v) is 6.29.